The van der Waals surface area contributed by atoms with Crippen LogP contribution in [0, 0.1) is 0 Å². The summed E-state index contributed by atoms with van der Waals surface area (Å²) in [6, 6.07) is 10.8. The number of hydrogen-bond acceptors (Lipinski definition) is 4. The Hall–Kier alpha value is -2.89. The molecule has 1 fully saturated rings. The Balaban J connectivity index is 1.59. The lowest BCUT2D eigenvalue weighted by molar-refractivity contribution is -0.148. The van der Waals surface area contributed by atoms with Crippen molar-refractivity contribution in [2.45, 2.75) is 32.1 Å². The highest BCUT2D eigenvalue weighted by Gasteiger charge is 2.32. The fourth-order valence-electron chi connectivity index (χ4n) is 3.14. The molecule has 6 heteroatoms. The molecule has 27 heavy (non-hydrogen) atoms. The van der Waals surface area contributed by atoms with E-state index in [0.29, 0.717) is 11.3 Å². The van der Waals surface area contributed by atoms with Crippen molar-refractivity contribution in [1.82, 2.24) is 9.88 Å². The molecule has 1 aliphatic heterocycles. The number of nitrogens with one attached hydrogen (secondary N) is 1. The first-order chi connectivity index (χ1) is 12.9. The number of H-pyrrole nitrogens is 1. The van der Waals surface area contributed by atoms with Crippen molar-refractivity contribution < 1.29 is 19.1 Å². The van der Waals surface area contributed by atoms with Crippen molar-refractivity contribution in [3.63, 3.8) is 0 Å². The minimum Gasteiger partial charge on any atom is -0.457 e. The molecule has 142 valence electrons. The van der Waals surface area contributed by atoms with E-state index < -0.39 is 11.4 Å². The highest BCUT2D eigenvalue weighted by molar-refractivity contribution is 6.01. The van der Waals surface area contributed by atoms with E-state index in [9.17, 15) is 14.4 Å². The van der Waals surface area contributed by atoms with Gasteiger partial charge in [-0.15, -0.1) is 0 Å². The van der Waals surface area contributed by atoms with Crippen LogP contribution in [0.15, 0.2) is 42.6 Å². The third-order valence-electron chi connectivity index (χ3n) is 4.97. The molecule has 0 bridgehead atoms. The van der Waals surface area contributed by atoms with Crippen molar-refractivity contribution in [2.24, 2.45) is 0 Å². The van der Waals surface area contributed by atoms with Crippen LogP contribution in [0.4, 0.5) is 0 Å². The van der Waals surface area contributed by atoms with Gasteiger partial charge in [0, 0.05) is 24.8 Å². The van der Waals surface area contributed by atoms with E-state index in [2.05, 4.69) is 4.98 Å². The van der Waals surface area contributed by atoms with Crippen LogP contribution in [0.2, 0.25) is 0 Å². The summed E-state index contributed by atoms with van der Waals surface area (Å²) in [5, 5.41) is 0. The Labute approximate surface area is 158 Å². The second-order valence-corrected chi connectivity index (χ2v) is 7.29. The van der Waals surface area contributed by atoms with Gasteiger partial charge in [0.15, 0.2) is 6.61 Å². The average Bonchev–Trinajstić information content (AvgIpc) is 3.38. The number of aromatic nitrogens is 1. The zero-order chi connectivity index (χ0) is 19.4. The molecule has 1 aromatic carbocycles. The van der Waals surface area contributed by atoms with Crippen molar-refractivity contribution in [3.05, 3.63) is 59.4 Å². The first kappa shape index (κ1) is 18.9. The molecule has 3 rings (SSSR count). The molecule has 1 aromatic heterocycles. The minimum absolute atomic E-state index is 0.103. The molecule has 0 radical (unpaired) electrons. The molecule has 1 aliphatic rings. The topological polar surface area (TPSA) is 79.5 Å². The molecule has 1 saturated heterocycles. The van der Waals surface area contributed by atoms with Crippen LogP contribution < -0.4 is 0 Å². The maximum absolute atomic E-state index is 12.4. The molecule has 0 saturated carbocycles. The van der Waals surface area contributed by atoms with Crippen molar-refractivity contribution in [3.8, 4) is 0 Å². The largest absolute Gasteiger partial charge is 0.457 e. The Morgan fingerprint density at radius 2 is 1.78 bits per heavy atom. The molecular formula is C21H24N2O4. The fraction of sp³-hybridized carbons (Fsp3) is 0.381. The standard InChI is InChI=1S/C21H24N2O4/c1-21(2,16-8-4-3-5-9-16)20(26)27-14-18(24)15-12-17(22-13-15)19(25)23-10-6-7-11-23/h3-5,8-9,12-13,22H,6-7,10-11,14H2,1-2H3. The highest BCUT2D eigenvalue weighted by Crippen LogP contribution is 2.24. The molecule has 2 aromatic rings. The quantitative estimate of drug-likeness (QED) is 0.628. The lowest BCUT2D eigenvalue weighted by Gasteiger charge is -2.22. The second-order valence-electron chi connectivity index (χ2n) is 7.29. The molecule has 1 amide bonds. The summed E-state index contributed by atoms with van der Waals surface area (Å²) in [6.07, 6.45) is 3.50. The number of carbonyl (C=O) groups is 3. The highest BCUT2D eigenvalue weighted by atomic mass is 16.5. The number of benzene rings is 1. The number of carbonyl (C=O) groups excluding carboxylic acids is 3. The van der Waals surface area contributed by atoms with Crippen molar-refractivity contribution in [1.29, 1.82) is 0 Å². The van der Waals surface area contributed by atoms with Gasteiger partial charge in [-0.25, -0.2) is 0 Å². The molecule has 2 heterocycles. The lowest BCUT2D eigenvalue weighted by Crippen LogP contribution is -2.32. The monoisotopic (exact) mass is 368 g/mol. The van der Waals surface area contributed by atoms with Crippen LogP contribution in [0.5, 0.6) is 0 Å². The number of amides is 1. The van der Waals surface area contributed by atoms with Gasteiger partial charge in [0.2, 0.25) is 5.78 Å². The minimum atomic E-state index is -0.851. The van der Waals surface area contributed by atoms with Gasteiger partial charge in [0.1, 0.15) is 5.69 Å². The summed E-state index contributed by atoms with van der Waals surface area (Å²) < 4.78 is 5.25. The fourth-order valence-corrected chi connectivity index (χ4v) is 3.14. The Bertz CT molecular complexity index is 833. The van der Waals surface area contributed by atoms with Gasteiger partial charge in [0.25, 0.3) is 5.91 Å². The van der Waals surface area contributed by atoms with Gasteiger partial charge in [-0.2, -0.15) is 0 Å². The van der Waals surface area contributed by atoms with E-state index in [1.807, 2.05) is 30.3 Å². The predicted molar refractivity (Wildman–Crippen MR) is 101 cm³/mol. The number of nitrogens with zero attached hydrogens (tertiary/aromatic N) is 1. The van der Waals surface area contributed by atoms with Gasteiger partial charge in [0.05, 0.1) is 5.41 Å². The third-order valence-corrected chi connectivity index (χ3v) is 4.97. The van der Waals surface area contributed by atoms with Crippen LogP contribution >= 0.6 is 0 Å². The molecule has 0 atom stereocenters. The number of ketones is 1. The van der Waals surface area contributed by atoms with E-state index in [-0.39, 0.29) is 18.3 Å². The molecule has 0 unspecified atom stereocenters. The van der Waals surface area contributed by atoms with E-state index in [1.54, 1.807) is 18.7 Å². The number of hydrogen-bond donors (Lipinski definition) is 1. The van der Waals surface area contributed by atoms with Crippen LogP contribution in [0.1, 0.15) is 53.1 Å². The number of ether oxygens (including phenoxy) is 1. The van der Waals surface area contributed by atoms with Crippen LogP contribution in [-0.2, 0) is 14.9 Å². The zero-order valence-electron chi connectivity index (χ0n) is 15.7. The second kappa shape index (κ2) is 7.78. The number of esters is 1. The van der Waals surface area contributed by atoms with Gasteiger partial charge in [-0.3, -0.25) is 14.4 Å². The Kier molecular flexibility index (Phi) is 5.44. The number of aromatic amines is 1. The maximum atomic E-state index is 12.4. The normalized spacial score (nSPS) is 14.2. The smallest absolute Gasteiger partial charge is 0.316 e. The first-order valence-electron chi connectivity index (χ1n) is 9.13. The zero-order valence-corrected chi connectivity index (χ0v) is 15.7. The molecular weight excluding hydrogens is 344 g/mol. The summed E-state index contributed by atoms with van der Waals surface area (Å²) in [7, 11) is 0. The molecule has 0 spiro atoms. The summed E-state index contributed by atoms with van der Waals surface area (Å²) in [5.41, 5.74) is 0.693. The summed E-state index contributed by atoms with van der Waals surface area (Å²) in [6.45, 7) is 4.65. The number of likely N-dealkylation sites (tertiary alicyclic amines) is 1. The lowest BCUT2D eigenvalue weighted by atomic mass is 9.85. The van der Waals surface area contributed by atoms with Crippen molar-refractivity contribution >= 4 is 17.7 Å². The van der Waals surface area contributed by atoms with E-state index in [4.69, 9.17) is 4.74 Å². The van der Waals surface area contributed by atoms with Crippen molar-refractivity contribution in [2.75, 3.05) is 19.7 Å². The van der Waals surface area contributed by atoms with Gasteiger partial charge < -0.3 is 14.6 Å². The number of rotatable bonds is 6. The summed E-state index contributed by atoms with van der Waals surface area (Å²) in [5.74, 6) is -0.913. The molecule has 6 nitrogen and oxygen atoms in total. The third kappa shape index (κ3) is 4.10. The average molecular weight is 368 g/mol. The Morgan fingerprint density at radius 3 is 2.44 bits per heavy atom. The molecule has 1 N–H and O–H groups in total. The van der Waals surface area contributed by atoms with E-state index in [0.717, 1.165) is 31.5 Å². The van der Waals surface area contributed by atoms with Crippen LogP contribution in [0.3, 0.4) is 0 Å². The van der Waals surface area contributed by atoms with Gasteiger partial charge in [-0.05, 0) is 38.3 Å². The summed E-state index contributed by atoms with van der Waals surface area (Å²) >= 11 is 0. The van der Waals surface area contributed by atoms with Gasteiger partial charge in [-0.1, -0.05) is 30.3 Å². The first-order valence-corrected chi connectivity index (χ1v) is 9.13. The van der Waals surface area contributed by atoms with Gasteiger partial charge >= 0.3 is 5.97 Å². The van der Waals surface area contributed by atoms with Crippen LogP contribution in [-0.4, -0.2) is 47.2 Å². The van der Waals surface area contributed by atoms with E-state index >= 15 is 0 Å². The maximum Gasteiger partial charge on any atom is 0.316 e. The number of Topliss-reactive ketones (excluding diaryl/α,β-unsaturated/α-hetero) is 1. The molecule has 0 aliphatic carbocycles. The summed E-state index contributed by atoms with van der Waals surface area (Å²) in [4.78, 5) is 41.7. The van der Waals surface area contributed by atoms with E-state index in [1.165, 1.54) is 12.3 Å². The predicted octanol–water partition coefficient (Wildman–Crippen LogP) is 2.95. The Morgan fingerprint density at radius 1 is 1.11 bits per heavy atom. The van der Waals surface area contributed by atoms with Crippen LogP contribution in [0.25, 0.3) is 0 Å². The SMILES string of the molecule is CC(C)(C(=O)OCC(=O)c1c[nH]c(C(=O)N2CCCC2)c1)c1ccccc1.